The predicted octanol–water partition coefficient (Wildman–Crippen LogP) is 5.75. The number of ether oxygens (including phenoxy) is 2. The molecule has 2 aromatic rings. The molecule has 1 unspecified atom stereocenters. The van der Waals surface area contributed by atoms with Crippen LogP contribution in [-0.2, 0) is 5.41 Å². The number of urea groups is 1. The average molecular weight is 503 g/mol. The van der Waals surface area contributed by atoms with Crippen LogP contribution in [0.1, 0.15) is 64.5 Å². The molecule has 0 radical (unpaired) electrons. The zero-order chi connectivity index (χ0) is 26.2. The number of carbonyl (C=O) groups excluding carboxylic acids is 1. The number of nitriles is 1. The normalized spacial score (nSPS) is 23.6. The third-order valence-electron chi connectivity index (χ3n) is 8.53. The lowest BCUT2D eigenvalue weighted by Gasteiger charge is -2.39. The zero-order valence-electron chi connectivity index (χ0n) is 22.4. The van der Waals surface area contributed by atoms with Crippen molar-refractivity contribution in [3.8, 4) is 17.6 Å². The molecule has 0 saturated heterocycles. The third kappa shape index (κ3) is 5.13. The van der Waals surface area contributed by atoms with E-state index in [1.54, 1.807) is 0 Å². The molecule has 3 atom stereocenters. The van der Waals surface area contributed by atoms with E-state index in [1.165, 1.54) is 5.56 Å². The summed E-state index contributed by atoms with van der Waals surface area (Å²) in [5, 5.41) is 12.5. The van der Waals surface area contributed by atoms with Crippen LogP contribution >= 0.6 is 0 Å². The van der Waals surface area contributed by atoms with Gasteiger partial charge in [0.2, 0.25) is 6.79 Å². The summed E-state index contributed by atoms with van der Waals surface area (Å²) in [6.45, 7) is 10.6. The first-order chi connectivity index (χ1) is 17.8. The standard InChI is InChI=1S/C30H38N4O3/c1-20(2)33(21(3)4)12-13-34(29(35)32-25-8-9-27-28(16-25)37-19-36-27)26-10-11-30(17-24(30)15-26)23-7-5-6-22(14-23)18-31/h5-9,14,16,20-21,24,26H,10-13,15,17,19H2,1-4H3,(H,32,35)/t24?,26-,30-/m1/s1. The molecule has 7 heteroatoms. The Labute approximate surface area is 220 Å². The zero-order valence-corrected chi connectivity index (χ0v) is 22.4. The molecule has 2 aliphatic carbocycles. The molecule has 5 rings (SSSR count). The topological polar surface area (TPSA) is 77.8 Å². The molecule has 1 heterocycles. The number of anilines is 1. The van der Waals surface area contributed by atoms with Crippen molar-refractivity contribution < 1.29 is 14.3 Å². The fraction of sp³-hybridized carbons (Fsp3) is 0.533. The van der Waals surface area contributed by atoms with E-state index in [1.807, 2.05) is 30.3 Å². The fourth-order valence-corrected chi connectivity index (χ4v) is 6.50. The van der Waals surface area contributed by atoms with E-state index in [9.17, 15) is 10.1 Å². The molecular formula is C30H38N4O3. The fourth-order valence-electron chi connectivity index (χ4n) is 6.50. The van der Waals surface area contributed by atoms with Gasteiger partial charge in [-0.2, -0.15) is 5.26 Å². The molecule has 0 spiro atoms. The molecular weight excluding hydrogens is 464 g/mol. The van der Waals surface area contributed by atoms with Crippen molar-refractivity contribution in [1.29, 1.82) is 5.26 Å². The Hall–Kier alpha value is -3.24. The van der Waals surface area contributed by atoms with E-state index in [-0.39, 0.29) is 24.3 Å². The van der Waals surface area contributed by atoms with E-state index in [0.29, 0.717) is 41.7 Å². The molecule has 2 amide bonds. The highest BCUT2D eigenvalue weighted by atomic mass is 16.7. The highest BCUT2D eigenvalue weighted by Crippen LogP contribution is 2.62. The molecule has 0 bridgehead atoms. The van der Waals surface area contributed by atoms with Gasteiger partial charge in [0.1, 0.15) is 0 Å². The second-order valence-corrected chi connectivity index (χ2v) is 11.3. The summed E-state index contributed by atoms with van der Waals surface area (Å²) in [6.07, 6.45) is 4.14. The molecule has 2 aromatic carbocycles. The molecule has 0 aromatic heterocycles. The molecule has 37 heavy (non-hydrogen) atoms. The number of fused-ring (bicyclic) bond motifs is 2. The summed E-state index contributed by atoms with van der Waals surface area (Å²) in [5.74, 6) is 1.92. The number of benzene rings is 2. The van der Waals surface area contributed by atoms with Crippen LogP contribution in [-0.4, -0.2) is 53.8 Å². The summed E-state index contributed by atoms with van der Waals surface area (Å²) in [6, 6.07) is 16.9. The highest BCUT2D eigenvalue weighted by molar-refractivity contribution is 5.90. The van der Waals surface area contributed by atoms with Crippen LogP contribution < -0.4 is 14.8 Å². The van der Waals surface area contributed by atoms with Crippen molar-refractivity contribution in [3.05, 3.63) is 53.6 Å². The smallest absolute Gasteiger partial charge is 0.322 e. The van der Waals surface area contributed by atoms with Gasteiger partial charge in [0.05, 0.1) is 11.6 Å². The number of hydrogen-bond acceptors (Lipinski definition) is 5. The van der Waals surface area contributed by atoms with Gasteiger partial charge in [-0.3, -0.25) is 4.90 Å². The summed E-state index contributed by atoms with van der Waals surface area (Å²) in [7, 11) is 0. The van der Waals surface area contributed by atoms with Crippen molar-refractivity contribution in [2.24, 2.45) is 5.92 Å². The lowest BCUT2D eigenvalue weighted by atomic mass is 9.80. The van der Waals surface area contributed by atoms with Crippen molar-refractivity contribution in [1.82, 2.24) is 9.80 Å². The van der Waals surface area contributed by atoms with Gasteiger partial charge in [0.15, 0.2) is 11.5 Å². The summed E-state index contributed by atoms with van der Waals surface area (Å²) in [5.41, 5.74) is 2.91. The SMILES string of the molecule is CC(C)N(CCN(C(=O)Nc1ccc2c(c1)OCO2)[C@@H]1CC[C@]2(c3cccc(C#N)c3)CC2C1)C(C)C. The van der Waals surface area contributed by atoms with Crippen molar-refractivity contribution in [2.45, 2.75) is 76.9 Å². The minimum atomic E-state index is -0.0593. The molecule has 2 saturated carbocycles. The van der Waals surface area contributed by atoms with Crippen LogP contribution in [0.25, 0.3) is 0 Å². The molecule has 1 aliphatic heterocycles. The van der Waals surface area contributed by atoms with E-state index in [2.05, 4.69) is 61.0 Å². The number of nitrogens with one attached hydrogen (secondary N) is 1. The minimum Gasteiger partial charge on any atom is -0.454 e. The Bertz CT molecular complexity index is 1180. The third-order valence-corrected chi connectivity index (χ3v) is 8.53. The summed E-state index contributed by atoms with van der Waals surface area (Å²) >= 11 is 0. The Morgan fingerprint density at radius 3 is 2.62 bits per heavy atom. The number of nitrogens with zero attached hydrogens (tertiary/aromatic N) is 3. The number of hydrogen-bond donors (Lipinski definition) is 1. The van der Waals surface area contributed by atoms with Gasteiger partial charge >= 0.3 is 6.03 Å². The number of amides is 2. The second kappa shape index (κ2) is 10.3. The Balaban J connectivity index is 1.32. The van der Waals surface area contributed by atoms with E-state index < -0.39 is 0 Å². The quantitative estimate of drug-likeness (QED) is 0.497. The van der Waals surface area contributed by atoms with Crippen LogP contribution in [0.3, 0.4) is 0 Å². The van der Waals surface area contributed by atoms with Crippen molar-refractivity contribution in [3.63, 3.8) is 0 Å². The maximum Gasteiger partial charge on any atom is 0.322 e. The van der Waals surface area contributed by atoms with E-state index in [4.69, 9.17) is 9.47 Å². The molecule has 7 nitrogen and oxygen atoms in total. The predicted molar refractivity (Wildman–Crippen MR) is 144 cm³/mol. The number of carbonyl (C=O) groups is 1. The Kier molecular flexibility index (Phi) is 7.04. The van der Waals surface area contributed by atoms with Crippen LogP contribution in [0.5, 0.6) is 11.5 Å². The summed E-state index contributed by atoms with van der Waals surface area (Å²) in [4.78, 5) is 18.2. The van der Waals surface area contributed by atoms with Gasteiger partial charge in [-0.1, -0.05) is 12.1 Å². The molecule has 196 valence electrons. The average Bonchev–Trinajstić information content (AvgIpc) is 3.44. The van der Waals surface area contributed by atoms with Gasteiger partial charge < -0.3 is 19.7 Å². The summed E-state index contributed by atoms with van der Waals surface area (Å²) < 4.78 is 10.9. The largest absolute Gasteiger partial charge is 0.454 e. The van der Waals surface area contributed by atoms with Crippen LogP contribution in [0.2, 0.25) is 0 Å². The van der Waals surface area contributed by atoms with Gasteiger partial charge in [-0.25, -0.2) is 4.79 Å². The van der Waals surface area contributed by atoms with Crippen molar-refractivity contribution in [2.75, 3.05) is 25.2 Å². The van der Waals surface area contributed by atoms with Gasteiger partial charge in [-0.15, -0.1) is 0 Å². The van der Waals surface area contributed by atoms with Crippen molar-refractivity contribution >= 4 is 11.7 Å². The van der Waals surface area contributed by atoms with Gasteiger partial charge in [0.25, 0.3) is 0 Å². The van der Waals surface area contributed by atoms with Crippen LogP contribution in [0.15, 0.2) is 42.5 Å². The lowest BCUT2D eigenvalue weighted by molar-refractivity contribution is 0.120. The number of rotatable bonds is 8. The molecule has 1 N–H and O–H groups in total. The van der Waals surface area contributed by atoms with Gasteiger partial charge in [-0.05, 0) is 94.5 Å². The first-order valence-electron chi connectivity index (χ1n) is 13.5. The maximum atomic E-state index is 13.7. The van der Waals surface area contributed by atoms with E-state index >= 15 is 0 Å². The van der Waals surface area contributed by atoms with E-state index in [0.717, 1.165) is 37.8 Å². The van der Waals surface area contributed by atoms with Gasteiger partial charge in [0, 0.05) is 43.0 Å². The molecule has 2 fully saturated rings. The first-order valence-corrected chi connectivity index (χ1v) is 13.5. The highest BCUT2D eigenvalue weighted by Gasteiger charge is 2.58. The Morgan fingerprint density at radius 1 is 1.11 bits per heavy atom. The van der Waals surface area contributed by atoms with Crippen LogP contribution in [0, 0.1) is 17.2 Å². The van der Waals surface area contributed by atoms with Crippen LogP contribution in [0.4, 0.5) is 10.5 Å². The Morgan fingerprint density at radius 2 is 1.89 bits per heavy atom. The minimum absolute atomic E-state index is 0.0593. The monoisotopic (exact) mass is 502 g/mol. The molecule has 3 aliphatic rings. The first kappa shape index (κ1) is 25.4. The maximum absolute atomic E-state index is 13.7. The second-order valence-electron chi connectivity index (χ2n) is 11.3. The lowest BCUT2D eigenvalue weighted by Crippen LogP contribution is -2.50.